The Labute approximate surface area is 127 Å². The summed E-state index contributed by atoms with van der Waals surface area (Å²) in [5.74, 6) is -0.300. The molecule has 1 aliphatic carbocycles. The smallest absolute Gasteiger partial charge is 0.317 e. The van der Waals surface area contributed by atoms with E-state index in [4.69, 9.17) is 5.11 Å². The number of nitrogens with zero attached hydrogens (tertiary/aromatic N) is 1. The fraction of sp³-hybridized carbons (Fsp3) is 0.875. The summed E-state index contributed by atoms with van der Waals surface area (Å²) < 4.78 is 0. The molecule has 1 heterocycles. The zero-order valence-corrected chi connectivity index (χ0v) is 13.0. The van der Waals surface area contributed by atoms with Crippen molar-refractivity contribution >= 4 is 12.0 Å². The number of likely N-dealkylation sites (tertiary alicyclic amines) is 1. The summed E-state index contributed by atoms with van der Waals surface area (Å²) in [6.07, 6.45) is 8.10. The first-order chi connectivity index (χ1) is 10.1. The summed E-state index contributed by atoms with van der Waals surface area (Å²) in [5, 5.41) is 12.1. The minimum absolute atomic E-state index is 0.0501. The number of hydrogen-bond acceptors (Lipinski definition) is 2. The lowest BCUT2D eigenvalue weighted by Crippen LogP contribution is -2.49. The predicted octanol–water partition coefficient (Wildman–Crippen LogP) is 2.85. The van der Waals surface area contributed by atoms with E-state index in [-0.39, 0.29) is 18.4 Å². The summed E-state index contributed by atoms with van der Waals surface area (Å²) in [5.41, 5.74) is 0. The molecule has 0 aromatic carbocycles. The number of hydrogen-bond donors (Lipinski definition) is 2. The number of carboxylic acid groups (broad SMARTS) is 1. The molecule has 2 rings (SSSR count). The Morgan fingerprint density at radius 2 is 1.90 bits per heavy atom. The van der Waals surface area contributed by atoms with Gasteiger partial charge in [-0.3, -0.25) is 4.79 Å². The minimum Gasteiger partial charge on any atom is -0.481 e. The average molecular weight is 296 g/mol. The number of amides is 2. The molecule has 0 aromatic rings. The Morgan fingerprint density at radius 3 is 2.57 bits per heavy atom. The summed E-state index contributed by atoms with van der Waals surface area (Å²) in [7, 11) is 0. The van der Waals surface area contributed by atoms with Crippen LogP contribution in [0.15, 0.2) is 0 Å². The Balaban J connectivity index is 1.81. The van der Waals surface area contributed by atoms with Gasteiger partial charge in [-0.15, -0.1) is 0 Å². The minimum atomic E-state index is -0.744. The molecule has 0 radical (unpaired) electrons. The van der Waals surface area contributed by atoms with E-state index in [1.807, 2.05) is 11.8 Å². The maximum Gasteiger partial charge on any atom is 0.317 e. The van der Waals surface area contributed by atoms with E-state index in [1.54, 1.807) is 0 Å². The van der Waals surface area contributed by atoms with Gasteiger partial charge in [0.2, 0.25) is 0 Å². The van der Waals surface area contributed by atoms with E-state index in [0.29, 0.717) is 18.5 Å². The number of carbonyl (C=O) groups is 2. The molecule has 1 aliphatic heterocycles. The topological polar surface area (TPSA) is 69.6 Å². The van der Waals surface area contributed by atoms with E-state index in [0.717, 1.165) is 32.2 Å². The van der Waals surface area contributed by atoms with Crippen LogP contribution in [-0.4, -0.2) is 41.1 Å². The fourth-order valence-electron chi connectivity index (χ4n) is 3.61. The highest BCUT2D eigenvalue weighted by atomic mass is 16.4. The van der Waals surface area contributed by atoms with Crippen molar-refractivity contribution in [1.82, 2.24) is 10.2 Å². The van der Waals surface area contributed by atoms with Gasteiger partial charge in [-0.05, 0) is 37.5 Å². The van der Waals surface area contributed by atoms with Crippen molar-refractivity contribution in [3.63, 3.8) is 0 Å². The third-order valence-corrected chi connectivity index (χ3v) is 4.98. The molecule has 120 valence electrons. The molecule has 2 fully saturated rings. The zero-order chi connectivity index (χ0) is 15.2. The van der Waals surface area contributed by atoms with Gasteiger partial charge in [-0.1, -0.05) is 26.2 Å². The van der Waals surface area contributed by atoms with Gasteiger partial charge in [0.1, 0.15) is 0 Å². The van der Waals surface area contributed by atoms with E-state index in [2.05, 4.69) is 5.32 Å². The highest BCUT2D eigenvalue weighted by Gasteiger charge is 2.29. The predicted molar refractivity (Wildman–Crippen MR) is 81.1 cm³/mol. The molecule has 2 N–H and O–H groups in total. The molecule has 2 amide bonds. The van der Waals surface area contributed by atoms with E-state index in [9.17, 15) is 9.59 Å². The van der Waals surface area contributed by atoms with Crippen LogP contribution in [-0.2, 0) is 4.79 Å². The standard InChI is InChI=1S/C16H28N2O3/c1-12(10-15(19)20)13-6-5-9-18(11-13)16(21)17-14-7-3-2-4-8-14/h12-14H,2-11H2,1H3,(H,17,21)(H,19,20). The van der Waals surface area contributed by atoms with Crippen LogP contribution < -0.4 is 5.32 Å². The summed E-state index contributed by atoms with van der Waals surface area (Å²) >= 11 is 0. The number of carbonyl (C=O) groups excluding carboxylic acids is 1. The number of nitrogens with one attached hydrogen (secondary N) is 1. The van der Waals surface area contributed by atoms with Crippen LogP contribution in [0.5, 0.6) is 0 Å². The molecule has 2 aliphatic rings. The fourth-order valence-corrected chi connectivity index (χ4v) is 3.61. The number of rotatable bonds is 4. The van der Waals surface area contributed by atoms with Gasteiger partial charge in [0, 0.05) is 25.6 Å². The molecule has 2 unspecified atom stereocenters. The van der Waals surface area contributed by atoms with Crippen LogP contribution in [0.3, 0.4) is 0 Å². The molecule has 0 aromatic heterocycles. The van der Waals surface area contributed by atoms with Crippen molar-refractivity contribution in [3.8, 4) is 0 Å². The van der Waals surface area contributed by atoms with E-state index >= 15 is 0 Å². The Kier molecular flexibility index (Phi) is 5.88. The molecular weight excluding hydrogens is 268 g/mol. The molecule has 5 heteroatoms. The van der Waals surface area contributed by atoms with Crippen molar-refractivity contribution in [2.75, 3.05) is 13.1 Å². The Bertz CT molecular complexity index is 367. The summed E-state index contributed by atoms with van der Waals surface area (Å²) in [6, 6.07) is 0.386. The molecule has 5 nitrogen and oxygen atoms in total. The normalized spacial score (nSPS) is 25.4. The largest absolute Gasteiger partial charge is 0.481 e. The highest BCUT2D eigenvalue weighted by Crippen LogP contribution is 2.26. The maximum absolute atomic E-state index is 12.4. The van der Waals surface area contributed by atoms with E-state index < -0.39 is 5.97 Å². The maximum atomic E-state index is 12.4. The third-order valence-electron chi connectivity index (χ3n) is 4.98. The second-order valence-electron chi connectivity index (χ2n) is 6.71. The lowest BCUT2D eigenvalue weighted by Gasteiger charge is -2.36. The van der Waals surface area contributed by atoms with Crippen LogP contribution in [0.4, 0.5) is 4.79 Å². The van der Waals surface area contributed by atoms with Gasteiger partial charge in [0.05, 0.1) is 0 Å². The van der Waals surface area contributed by atoms with Gasteiger partial charge in [0.25, 0.3) is 0 Å². The quantitative estimate of drug-likeness (QED) is 0.838. The van der Waals surface area contributed by atoms with Crippen LogP contribution in [0, 0.1) is 11.8 Å². The molecule has 1 saturated heterocycles. The SMILES string of the molecule is CC(CC(=O)O)C1CCCN(C(=O)NC2CCCCC2)C1. The monoisotopic (exact) mass is 296 g/mol. The van der Waals surface area contributed by atoms with Crippen molar-refractivity contribution in [3.05, 3.63) is 0 Å². The lowest BCUT2D eigenvalue weighted by molar-refractivity contribution is -0.138. The van der Waals surface area contributed by atoms with Gasteiger partial charge in [-0.2, -0.15) is 0 Å². The van der Waals surface area contributed by atoms with Gasteiger partial charge in [-0.25, -0.2) is 4.79 Å². The van der Waals surface area contributed by atoms with Crippen molar-refractivity contribution in [1.29, 1.82) is 0 Å². The Morgan fingerprint density at radius 1 is 1.19 bits per heavy atom. The van der Waals surface area contributed by atoms with Crippen molar-refractivity contribution in [2.45, 2.75) is 64.3 Å². The van der Waals surface area contributed by atoms with Crippen molar-refractivity contribution in [2.24, 2.45) is 11.8 Å². The van der Waals surface area contributed by atoms with Gasteiger partial charge >= 0.3 is 12.0 Å². The van der Waals surface area contributed by atoms with Crippen molar-refractivity contribution < 1.29 is 14.7 Å². The third kappa shape index (κ3) is 4.90. The number of carboxylic acids is 1. The van der Waals surface area contributed by atoms with Crippen LogP contribution >= 0.6 is 0 Å². The number of piperidine rings is 1. The lowest BCUT2D eigenvalue weighted by atomic mass is 9.85. The summed E-state index contributed by atoms with van der Waals surface area (Å²) in [4.78, 5) is 25.1. The first-order valence-electron chi connectivity index (χ1n) is 8.33. The second kappa shape index (κ2) is 7.66. The van der Waals surface area contributed by atoms with Gasteiger partial charge < -0.3 is 15.3 Å². The first kappa shape index (κ1) is 16.1. The number of aliphatic carboxylic acids is 1. The molecule has 21 heavy (non-hydrogen) atoms. The Hall–Kier alpha value is -1.26. The van der Waals surface area contributed by atoms with E-state index in [1.165, 1.54) is 19.3 Å². The average Bonchev–Trinajstić information content (AvgIpc) is 2.47. The molecule has 0 bridgehead atoms. The highest BCUT2D eigenvalue weighted by molar-refractivity contribution is 5.74. The van der Waals surface area contributed by atoms with Crippen LogP contribution in [0.2, 0.25) is 0 Å². The van der Waals surface area contributed by atoms with Gasteiger partial charge in [0.15, 0.2) is 0 Å². The number of urea groups is 1. The molecule has 1 saturated carbocycles. The summed E-state index contributed by atoms with van der Waals surface area (Å²) in [6.45, 7) is 3.49. The molecule has 0 spiro atoms. The zero-order valence-electron chi connectivity index (χ0n) is 13.0. The second-order valence-corrected chi connectivity index (χ2v) is 6.71. The van der Waals surface area contributed by atoms with Crippen LogP contribution in [0.25, 0.3) is 0 Å². The molecule has 2 atom stereocenters. The first-order valence-corrected chi connectivity index (χ1v) is 8.33. The van der Waals surface area contributed by atoms with Crippen LogP contribution in [0.1, 0.15) is 58.3 Å². The molecular formula is C16H28N2O3.